The normalized spacial score (nSPS) is 21.0. The summed E-state index contributed by atoms with van der Waals surface area (Å²) >= 11 is 0. The van der Waals surface area contributed by atoms with Crippen molar-refractivity contribution < 1.29 is 4.79 Å². The highest BCUT2D eigenvalue weighted by molar-refractivity contribution is 5.93. The van der Waals surface area contributed by atoms with Crippen LogP contribution in [0, 0.1) is 5.92 Å². The average molecular weight is 329 g/mol. The molecule has 3 heterocycles. The standard InChI is InChI=1S/C18H27N5O/c1-5-7-13-11-23(12-17(13)21(2)3)18(24)15-10-14(19-20-15)16-8-6-9-22(16)4/h6,8-10,13,17H,5,7,11-12H2,1-4H3,(H,19,20)/t13-,17-/m1/s1. The first-order valence-electron chi connectivity index (χ1n) is 8.64. The van der Waals surface area contributed by atoms with Gasteiger partial charge in [0.2, 0.25) is 0 Å². The molecule has 0 bridgehead atoms. The van der Waals surface area contributed by atoms with Crippen molar-refractivity contribution in [2.24, 2.45) is 13.0 Å². The predicted octanol–water partition coefficient (Wildman–Crippen LogP) is 2.22. The lowest BCUT2D eigenvalue weighted by molar-refractivity contribution is 0.0775. The number of nitrogens with zero attached hydrogens (tertiary/aromatic N) is 4. The zero-order valence-corrected chi connectivity index (χ0v) is 15.0. The van der Waals surface area contributed by atoms with E-state index in [4.69, 9.17) is 0 Å². The van der Waals surface area contributed by atoms with Crippen LogP contribution < -0.4 is 0 Å². The van der Waals surface area contributed by atoms with E-state index in [9.17, 15) is 4.79 Å². The van der Waals surface area contributed by atoms with Gasteiger partial charge in [0.1, 0.15) is 11.4 Å². The Labute approximate surface area is 143 Å². The molecule has 24 heavy (non-hydrogen) atoms. The molecular weight excluding hydrogens is 302 g/mol. The van der Waals surface area contributed by atoms with E-state index in [0.29, 0.717) is 17.7 Å². The fourth-order valence-corrected chi connectivity index (χ4v) is 3.72. The molecule has 1 aliphatic rings. The summed E-state index contributed by atoms with van der Waals surface area (Å²) in [6.45, 7) is 3.82. The maximum Gasteiger partial charge on any atom is 0.271 e. The maximum atomic E-state index is 12.9. The quantitative estimate of drug-likeness (QED) is 0.915. The van der Waals surface area contributed by atoms with Crippen molar-refractivity contribution in [2.45, 2.75) is 25.8 Å². The van der Waals surface area contributed by atoms with Crippen LogP contribution in [0.25, 0.3) is 11.4 Å². The number of aromatic amines is 1. The van der Waals surface area contributed by atoms with Crippen LogP contribution in [-0.4, -0.2) is 63.7 Å². The summed E-state index contributed by atoms with van der Waals surface area (Å²) in [5.41, 5.74) is 2.38. The van der Waals surface area contributed by atoms with Crippen molar-refractivity contribution in [3.63, 3.8) is 0 Å². The van der Waals surface area contributed by atoms with E-state index in [1.807, 2.05) is 40.9 Å². The molecule has 1 aliphatic heterocycles. The van der Waals surface area contributed by atoms with Crippen LogP contribution in [-0.2, 0) is 7.05 Å². The lowest BCUT2D eigenvalue weighted by Gasteiger charge is -2.24. The molecule has 6 nitrogen and oxygen atoms in total. The number of carbonyl (C=O) groups excluding carboxylic acids is 1. The lowest BCUT2D eigenvalue weighted by atomic mass is 9.98. The van der Waals surface area contributed by atoms with Crippen molar-refractivity contribution >= 4 is 5.91 Å². The highest BCUT2D eigenvalue weighted by atomic mass is 16.2. The molecule has 3 rings (SSSR count). The van der Waals surface area contributed by atoms with Crippen LogP contribution in [0.4, 0.5) is 0 Å². The molecule has 1 amide bonds. The fraction of sp³-hybridized carbons (Fsp3) is 0.556. The highest BCUT2D eigenvalue weighted by Crippen LogP contribution is 2.26. The summed E-state index contributed by atoms with van der Waals surface area (Å²) in [7, 11) is 6.18. The van der Waals surface area contributed by atoms with Crippen LogP contribution in [0.5, 0.6) is 0 Å². The van der Waals surface area contributed by atoms with Crippen LogP contribution in [0.3, 0.4) is 0 Å². The first-order valence-corrected chi connectivity index (χ1v) is 8.64. The van der Waals surface area contributed by atoms with Gasteiger partial charge in [0.15, 0.2) is 0 Å². The van der Waals surface area contributed by atoms with Gasteiger partial charge in [-0.2, -0.15) is 5.10 Å². The Kier molecular flexibility index (Phi) is 4.76. The Hall–Kier alpha value is -2.08. The minimum Gasteiger partial charge on any atom is -0.349 e. The number of likely N-dealkylation sites (N-methyl/N-ethyl adjacent to an activating group) is 1. The molecular formula is C18H27N5O. The average Bonchev–Trinajstić information content (AvgIpc) is 3.25. The molecule has 0 aromatic carbocycles. The van der Waals surface area contributed by atoms with Crippen molar-refractivity contribution in [1.82, 2.24) is 24.6 Å². The summed E-state index contributed by atoms with van der Waals surface area (Å²) in [5, 5.41) is 7.24. The van der Waals surface area contributed by atoms with E-state index in [1.165, 1.54) is 0 Å². The topological polar surface area (TPSA) is 57.2 Å². The number of nitrogens with one attached hydrogen (secondary N) is 1. The van der Waals surface area contributed by atoms with Gasteiger partial charge in [-0.05, 0) is 44.6 Å². The second-order valence-corrected chi connectivity index (χ2v) is 6.96. The number of hydrogen-bond donors (Lipinski definition) is 1. The molecule has 0 unspecified atom stereocenters. The number of aromatic nitrogens is 3. The number of rotatable bonds is 5. The molecule has 2 atom stereocenters. The van der Waals surface area contributed by atoms with E-state index in [0.717, 1.165) is 37.3 Å². The molecule has 2 aromatic heterocycles. The number of H-pyrrole nitrogens is 1. The van der Waals surface area contributed by atoms with E-state index in [-0.39, 0.29) is 5.91 Å². The van der Waals surface area contributed by atoms with Gasteiger partial charge in [-0.1, -0.05) is 13.3 Å². The van der Waals surface area contributed by atoms with Crippen LogP contribution >= 0.6 is 0 Å². The molecule has 2 aromatic rings. The Balaban J connectivity index is 1.75. The van der Waals surface area contributed by atoms with E-state index < -0.39 is 0 Å². The van der Waals surface area contributed by atoms with Gasteiger partial charge in [0.05, 0.1) is 5.69 Å². The molecule has 0 aliphatic carbocycles. The van der Waals surface area contributed by atoms with Gasteiger partial charge >= 0.3 is 0 Å². The summed E-state index contributed by atoms with van der Waals surface area (Å²) in [6.07, 6.45) is 4.28. The minimum absolute atomic E-state index is 0.0495. The Morgan fingerprint density at radius 1 is 1.42 bits per heavy atom. The molecule has 6 heteroatoms. The molecule has 0 saturated carbocycles. The summed E-state index contributed by atoms with van der Waals surface area (Å²) in [5.74, 6) is 0.595. The van der Waals surface area contributed by atoms with E-state index in [1.54, 1.807) is 0 Å². The molecule has 1 N–H and O–H groups in total. The Morgan fingerprint density at radius 2 is 2.21 bits per heavy atom. The van der Waals surface area contributed by atoms with Crippen molar-refractivity contribution in [3.05, 3.63) is 30.1 Å². The van der Waals surface area contributed by atoms with Gasteiger partial charge in [-0.25, -0.2) is 0 Å². The van der Waals surface area contributed by atoms with Crippen LogP contribution in [0.1, 0.15) is 30.3 Å². The summed E-state index contributed by atoms with van der Waals surface area (Å²) in [4.78, 5) is 17.1. The molecule has 0 radical (unpaired) electrons. The minimum atomic E-state index is 0.0495. The maximum absolute atomic E-state index is 12.9. The smallest absolute Gasteiger partial charge is 0.271 e. The number of likely N-dealkylation sites (tertiary alicyclic amines) is 1. The molecule has 1 saturated heterocycles. The second kappa shape index (κ2) is 6.81. The third-order valence-electron chi connectivity index (χ3n) is 5.03. The van der Waals surface area contributed by atoms with Crippen molar-refractivity contribution in [3.8, 4) is 11.4 Å². The van der Waals surface area contributed by atoms with Crippen molar-refractivity contribution in [1.29, 1.82) is 0 Å². The Morgan fingerprint density at radius 3 is 2.83 bits per heavy atom. The first-order chi connectivity index (χ1) is 11.5. The zero-order valence-electron chi connectivity index (χ0n) is 15.0. The van der Waals surface area contributed by atoms with Crippen molar-refractivity contribution in [2.75, 3.05) is 27.2 Å². The zero-order chi connectivity index (χ0) is 17.3. The summed E-state index contributed by atoms with van der Waals surface area (Å²) < 4.78 is 2.00. The van der Waals surface area contributed by atoms with E-state index in [2.05, 4.69) is 36.1 Å². The second-order valence-electron chi connectivity index (χ2n) is 6.96. The third-order valence-corrected chi connectivity index (χ3v) is 5.03. The lowest BCUT2D eigenvalue weighted by Crippen LogP contribution is -2.36. The molecule has 0 spiro atoms. The fourth-order valence-electron chi connectivity index (χ4n) is 3.72. The van der Waals surface area contributed by atoms with E-state index >= 15 is 0 Å². The molecule has 130 valence electrons. The monoisotopic (exact) mass is 329 g/mol. The Bertz CT molecular complexity index is 702. The van der Waals surface area contributed by atoms with Gasteiger partial charge in [0, 0.05) is 32.4 Å². The third kappa shape index (κ3) is 3.11. The van der Waals surface area contributed by atoms with Gasteiger partial charge < -0.3 is 14.4 Å². The number of hydrogen-bond acceptors (Lipinski definition) is 3. The van der Waals surface area contributed by atoms with Gasteiger partial charge in [-0.15, -0.1) is 0 Å². The predicted molar refractivity (Wildman–Crippen MR) is 94.8 cm³/mol. The van der Waals surface area contributed by atoms with Crippen LogP contribution in [0.15, 0.2) is 24.4 Å². The number of aryl methyl sites for hydroxylation is 1. The van der Waals surface area contributed by atoms with Crippen LogP contribution in [0.2, 0.25) is 0 Å². The first kappa shape index (κ1) is 16.8. The SMILES string of the molecule is CCC[C@@H]1CN(C(=O)c2cc(-c3cccn3C)n[nH]2)C[C@H]1N(C)C. The summed E-state index contributed by atoms with van der Waals surface area (Å²) in [6, 6.07) is 6.27. The largest absolute Gasteiger partial charge is 0.349 e. The number of carbonyl (C=O) groups is 1. The number of amides is 1. The highest BCUT2D eigenvalue weighted by Gasteiger charge is 2.36. The van der Waals surface area contributed by atoms with Gasteiger partial charge in [0.25, 0.3) is 5.91 Å². The van der Waals surface area contributed by atoms with Gasteiger partial charge in [-0.3, -0.25) is 9.89 Å². The molecule has 1 fully saturated rings.